The number of aliphatic imine (C=N–C) groups is 1. The Morgan fingerprint density at radius 2 is 1.92 bits per heavy atom. The molecule has 0 saturated heterocycles. The van der Waals surface area contributed by atoms with Crippen LogP contribution in [0, 0.1) is 0 Å². The number of rotatable bonds is 4. The molecule has 1 heterocycles. The van der Waals surface area contributed by atoms with Gasteiger partial charge in [0.2, 0.25) is 5.96 Å². The fourth-order valence-electron chi connectivity index (χ4n) is 2.80. The van der Waals surface area contributed by atoms with E-state index in [2.05, 4.69) is 24.0 Å². The van der Waals surface area contributed by atoms with E-state index in [0.29, 0.717) is 23.8 Å². The number of benzene rings is 2. The molecule has 0 aliphatic carbocycles. The maximum Gasteiger partial charge on any atom is 0.336 e. The molecule has 3 aromatic rings. The van der Waals surface area contributed by atoms with E-state index in [9.17, 15) is 4.79 Å². The maximum atomic E-state index is 11.7. The van der Waals surface area contributed by atoms with Crippen molar-refractivity contribution in [2.75, 3.05) is 11.4 Å². The Hall–Kier alpha value is -3.08. The summed E-state index contributed by atoms with van der Waals surface area (Å²) in [5, 5.41) is 0.832. The highest BCUT2D eigenvalue weighted by Gasteiger charge is 2.18. The second kappa shape index (κ2) is 7.21. The summed E-state index contributed by atoms with van der Waals surface area (Å²) in [5.41, 5.74) is 9.13. The Morgan fingerprint density at radius 1 is 1.12 bits per heavy atom. The molecule has 0 aliphatic heterocycles. The van der Waals surface area contributed by atoms with E-state index < -0.39 is 5.63 Å². The summed E-state index contributed by atoms with van der Waals surface area (Å²) in [7, 11) is 0. The van der Waals surface area contributed by atoms with Crippen molar-refractivity contribution in [3.05, 3.63) is 70.6 Å². The second-order valence-electron chi connectivity index (χ2n) is 5.64. The molecule has 1 aromatic heterocycles. The number of nitrogens with two attached hydrogens (primary N) is 1. The Bertz CT molecular complexity index is 976. The van der Waals surface area contributed by atoms with Crippen molar-refractivity contribution in [3.63, 3.8) is 0 Å². The standard InChI is InChI=1S/C20H21N3O2/c1-3-14-7-5-9-16(13-14)23(20(21)22-4-2)17-10-6-8-15-11-12-18(24)25-19(15)17/h5-13H,3-4H2,1-2H3,(H2,21,22). The van der Waals surface area contributed by atoms with Crippen LogP contribution in [0.25, 0.3) is 11.0 Å². The van der Waals surface area contributed by atoms with Crippen molar-refractivity contribution in [1.29, 1.82) is 0 Å². The zero-order chi connectivity index (χ0) is 17.8. The number of anilines is 2. The molecule has 0 atom stereocenters. The van der Waals surface area contributed by atoms with E-state index in [1.54, 1.807) is 6.07 Å². The largest absolute Gasteiger partial charge is 0.420 e. The monoisotopic (exact) mass is 335 g/mol. The third-order valence-electron chi connectivity index (χ3n) is 3.99. The molecule has 0 unspecified atom stereocenters. The van der Waals surface area contributed by atoms with Gasteiger partial charge in [0.1, 0.15) is 0 Å². The zero-order valence-corrected chi connectivity index (χ0v) is 14.4. The molecule has 128 valence electrons. The summed E-state index contributed by atoms with van der Waals surface area (Å²) in [6.07, 6.45) is 0.914. The number of hydrogen-bond acceptors (Lipinski definition) is 3. The normalized spacial score (nSPS) is 11.7. The summed E-state index contributed by atoms with van der Waals surface area (Å²) >= 11 is 0. The van der Waals surface area contributed by atoms with E-state index in [-0.39, 0.29) is 0 Å². The van der Waals surface area contributed by atoms with Crippen molar-refractivity contribution in [2.45, 2.75) is 20.3 Å². The lowest BCUT2D eigenvalue weighted by molar-refractivity contribution is 0.561. The van der Waals surface area contributed by atoms with E-state index in [1.807, 2.05) is 42.2 Å². The topological polar surface area (TPSA) is 71.8 Å². The molecule has 5 heteroatoms. The third kappa shape index (κ3) is 3.40. The minimum Gasteiger partial charge on any atom is -0.420 e. The van der Waals surface area contributed by atoms with Gasteiger partial charge in [-0.25, -0.2) is 4.79 Å². The number of para-hydroxylation sites is 1. The maximum absolute atomic E-state index is 11.7. The predicted octanol–water partition coefficient (Wildman–Crippen LogP) is 3.83. The van der Waals surface area contributed by atoms with Gasteiger partial charge in [-0.1, -0.05) is 31.2 Å². The van der Waals surface area contributed by atoms with Crippen LogP contribution in [0.4, 0.5) is 11.4 Å². The van der Waals surface area contributed by atoms with Crippen LogP contribution in [0.1, 0.15) is 19.4 Å². The quantitative estimate of drug-likeness (QED) is 0.447. The molecule has 0 radical (unpaired) electrons. The van der Waals surface area contributed by atoms with Gasteiger partial charge in [-0.3, -0.25) is 9.89 Å². The lowest BCUT2D eigenvalue weighted by Gasteiger charge is -2.25. The van der Waals surface area contributed by atoms with Crippen LogP contribution in [0.3, 0.4) is 0 Å². The van der Waals surface area contributed by atoms with E-state index in [1.165, 1.54) is 11.6 Å². The van der Waals surface area contributed by atoms with E-state index in [4.69, 9.17) is 10.2 Å². The molecule has 5 nitrogen and oxygen atoms in total. The van der Waals surface area contributed by atoms with Crippen molar-refractivity contribution >= 4 is 28.3 Å². The van der Waals surface area contributed by atoms with Gasteiger partial charge in [-0.2, -0.15) is 0 Å². The highest BCUT2D eigenvalue weighted by atomic mass is 16.4. The number of aryl methyl sites for hydroxylation is 1. The Labute approximate surface area is 146 Å². The van der Waals surface area contributed by atoms with Crippen molar-refractivity contribution in [2.24, 2.45) is 10.7 Å². The second-order valence-corrected chi connectivity index (χ2v) is 5.64. The molecule has 0 fully saturated rings. The molecule has 25 heavy (non-hydrogen) atoms. The molecule has 0 bridgehead atoms. The molecule has 2 aromatic carbocycles. The summed E-state index contributed by atoms with van der Waals surface area (Å²) < 4.78 is 5.47. The number of hydrogen-bond donors (Lipinski definition) is 1. The molecule has 0 amide bonds. The molecule has 0 aliphatic rings. The van der Waals surface area contributed by atoms with E-state index >= 15 is 0 Å². The molecule has 2 N–H and O–H groups in total. The number of nitrogens with zero attached hydrogens (tertiary/aromatic N) is 2. The van der Waals surface area contributed by atoms with Gasteiger partial charge in [0.25, 0.3) is 0 Å². The third-order valence-corrected chi connectivity index (χ3v) is 3.99. The van der Waals surface area contributed by atoms with Crippen LogP contribution in [-0.2, 0) is 6.42 Å². The van der Waals surface area contributed by atoms with Gasteiger partial charge in [-0.15, -0.1) is 0 Å². The van der Waals surface area contributed by atoms with E-state index in [0.717, 1.165) is 17.5 Å². The van der Waals surface area contributed by atoms with Crippen LogP contribution in [0.5, 0.6) is 0 Å². The van der Waals surface area contributed by atoms with Gasteiger partial charge in [0, 0.05) is 23.7 Å². The predicted molar refractivity (Wildman–Crippen MR) is 103 cm³/mol. The fraction of sp³-hybridized carbons (Fsp3) is 0.200. The SMILES string of the molecule is CCN=C(N)N(c1cccc(CC)c1)c1cccc2ccc(=O)oc12. The summed E-state index contributed by atoms with van der Waals surface area (Å²) in [6, 6.07) is 16.9. The zero-order valence-electron chi connectivity index (χ0n) is 14.4. The molecular weight excluding hydrogens is 314 g/mol. The first kappa shape index (κ1) is 16.8. The smallest absolute Gasteiger partial charge is 0.336 e. The van der Waals surface area contributed by atoms with Gasteiger partial charge in [0.15, 0.2) is 5.58 Å². The lowest BCUT2D eigenvalue weighted by Crippen LogP contribution is -2.34. The molecule has 0 spiro atoms. The Morgan fingerprint density at radius 3 is 2.68 bits per heavy atom. The average molecular weight is 335 g/mol. The first-order chi connectivity index (χ1) is 12.1. The Balaban J connectivity index is 2.27. The lowest BCUT2D eigenvalue weighted by atomic mass is 10.1. The van der Waals surface area contributed by atoms with Gasteiger partial charge in [0.05, 0.1) is 5.69 Å². The highest BCUT2D eigenvalue weighted by Crippen LogP contribution is 2.32. The molecular formula is C20H21N3O2. The first-order valence-corrected chi connectivity index (χ1v) is 8.36. The molecule has 0 saturated carbocycles. The van der Waals surface area contributed by atoms with Gasteiger partial charge >= 0.3 is 5.63 Å². The minimum absolute atomic E-state index is 0.356. The van der Waals surface area contributed by atoms with Crippen LogP contribution < -0.4 is 16.3 Å². The van der Waals surface area contributed by atoms with Gasteiger partial charge in [-0.05, 0) is 43.2 Å². The van der Waals surface area contributed by atoms with Crippen LogP contribution in [-0.4, -0.2) is 12.5 Å². The van der Waals surface area contributed by atoms with Crippen LogP contribution in [0.15, 0.2) is 68.8 Å². The highest BCUT2D eigenvalue weighted by molar-refractivity contribution is 6.07. The van der Waals surface area contributed by atoms with Crippen molar-refractivity contribution < 1.29 is 4.42 Å². The first-order valence-electron chi connectivity index (χ1n) is 8.36. The van der Waals surface area contributed by atoms with Crippen LogP contribution in [0.2, 0.25) is 0 Å². The molecule has 3 rings (SSSR count). The van der Waals surface area contributed by atoms with Crippen LogP contribution >= 0.6 is 0 Å². The summed E-state index contributed by atoms with van der Waals surface area (Å²) in [5.74, 6) is 0.356. The minimum atomic E-state index is -0.395. The van der Waals surface area contributed by atoms with Crippen molar-refractivity contribution in [1.82, 2.24) is 0 Å². The fourth-order valence-corrected chi connectivity index (χ4v) is 2.80. The average Bonchev–Trinajstić information content (AvgIpc) is 2.63. The number of guanidine groups is 1. The summed E-state index contributed by atoms with van der Waals surface area (Å²) in [4.78, 5) is 17.9. The summed E-state index contributed by atoms with van der Waals surface area (Å²) in [6.45, 7) is 4.59. The number of fused-ring (bicyclic) bond motifs is 1. The van der Waals surface area contributed by atoms with Crippen molar-refractivity contribution in [3.8, 4) is 0 Å². The Kier molecular flexibility index (Phi) is 4.84. The van der Waals surface area contributed by atoms with Gasteiger partial charge < -0.3 is 10.2 Å².